The van der Waals surface area contributed by atoms with E-state index < -0.39 is 10.0 Å². The van der Waals surface area contributed by atoms with Gasteiger partial charge >= 0.3 is 0 Å². The standard InChI is InChI=1S/C10H14Br2N2O2S.ClH/c1-7-5-9(12)10(6-8(7)11)17(15,16)14-4-2-3-13;/h5-6,14H,2-4,13H2,1H3;1H. The lowest BCUT2D eigenvalue weighted by molar-refractivity contribution is 0.579. The molecule has 1 rings (SSSR count). The Balaban J connectivity index is 0.00000289. The predicted molar refractivity (Wildman–Crippen MR) is 82.7 cm³/mol. The number of hydrogen-bond acceptors (Lipinski definition) is 3. The highest BCUT2D eigenvalue weighted by Gasteiger charge is 2.18. The maximum atomic E-state index is 12.0. The first-order chi connectivity index (χ1) is 7.88. The Hall–Kier alpha value is 0.340. The van der Waals surface area contributed by atoms with Crippen LogP contribution in [0, 0.1) is 6.92 Å². The summed E-state index contributed by atoms with van der Waals surface area (Å²) in [4.78, 5) is 0.229. The third kappa shape index (κ3) is 4.79. The van der Waals surface area contributed by atoms with Crippen LogP contribution in [0.5, 0.6) is 0 Å². The molecule has 18 heavy (non-hydrogen) atoms. The molecule has 0 spiro atoms. The summed E-state index contributed by atoms with van der Waals surface area (Å²) in [5, 5.41) is 0. The van der Waals surface area contributed by atoms with Crippen molar-refractivity contribution in [1.29, 1.82) is 0 Å². The number of hydrogen-bond donors (Lipinski definition) is 2. The van der Waals surface area contributed by atoms with Crippen LogP contribution in [-0.2, 0) is 10.0 Å². The fraction of sp³-hybridized carbons (Fsp3) is 0.400. The van der Waals surface area contributed by atoms with Gasteiger partial charge in [0.05, 0.1) is 4.90 Å². The Morgan fingerprint density at radius 3 is 2.44 bits per heavy atom. The van der Waals surface area contributed by atoms with Crippen LogP contribution in [0.3, 0.4) is 0 Å². The second kappa shape index (κ2) is 7.81. The van der Waals surface area contributed by atoms with Crippen molar-refractivity contribution in [2.24, 2.45) is 5.73 Å². The normalized spacial score (nSPS) is 11.1. The van der Waals surface area contributed by atoms with Gasteiger partial charge < -0.3 is 5.73 Å². The SMILES string of the molecule is Cc1cc(Br)c(S(=O)(=O)NCCCN)cc1Br.Cl. The highest BCUT2D eigenvalue weighted by molar-refractivity contribution is 9.11. The zero-order valence-corrected chi connectivity index (χ0v) is 14.5. The first-order valence-corrected chi connectivity index (χ1v) is 8.11. The van der Waals surface area contributed by atoms with Crippen LogP contribution in [0.1, 0.15) is 12.0 Å². The van der Waals surface area contributed by atoms with Gasteiger partial charge in [-0.2, -0.15) is 0 Å². The van der Waals surface area contributed by atoms with Gasteiger partial charge in [0.1, 0.15) is 0 Å². The third-order valence-corrected chi connectivity index (χ3v) is 5.45. The number of rotatable bonds is 5. The average Bonchev–Trinajstić information content (AvgIpc) is 2.23. The van der Waals surface area contributed by atoms with E-state index in [0.717, 1.165) is 10.0 Å². The van der Waals surface area contributed by atoms with Crippen molar-refractivity contribution in [2.75, 3.05) is 13.1 Å². The third-order valence-electron chi connectivity index (χ3n) is 2.18. The van der Waals surface area contributed by atoms with Crippen LogP contribution < -0.4 is 10.5 Å². The molecular formula is C10H15Br2ClN2O2S. The van der Waals surface area contributed by atoms with E-state index in [-0.39, 0.29) is 17.3 Å². The number of benzene rings is 1. The Morgan fingerprint density at radius 2 is 1.89 bits per heavy atom. The van der Waals surface area contributed by atoms with E-state index in [2.05, 4.69) is 36.6 Å². The van der Waals surface area contributed by atoms with Crippen molar-refractivity contribution in [3.8, 4) is 0 Å². The van der Waals surface area contributed by atoms with E-state index in [4.69, 9.17) is 5.73 Å². The van der Waals surface area contributed by atoms with Crippen LogP contribution in [-0.4, -0.2) is 21.5 Å². The molecular weight excluding hydrogens is 407 g/mol. The molecule has 3 N–H and O–H groups in total. The summed E-state index contributed by atoms with van der Waals surface area (Å²) in [6.45, 7) is 2.70. The minimum atomic E-state index is -3.48. The summed E-state index contributed by atoms with van der Waals surface area (Å²) < 4.78 is 27.8. The fourth-order valence-corrected chi connectivity index (χ4v) is 3.97. The molecule has 4 nitrogen and oxygen atoms in total. The molecule has 0 aliphatic carbocycles. The summed E-state index contributed by atoms with van der Waals surface area (Å²) in [6.07, 6.45) is 0.615. The first-order valence-electron chi connectivity index (χ1n) is 5.04. The smallest absolute Gasteiger partial charge is 0.241 e. The molecule has 0 fully saturated rings. The quantitative estimate of drug-likeness (QED) is 0.717. The van der Waals surface area contributed by atoms with Gasteiger partial charge in [-0.3, -0.25) is 0 Å². The van der Waals surface area contributed by atoms with Crippen molar-refractivity contribution in [3.05, 3.63) is 26.6 Å². The molecule has 104 valence electrons. The lowest BCUT2D eigenvalue weighted by atomic mass is 10.2. The van der Waals surface area contributed by atoms with Gasteiger partial charge in [-0.1, -0.05) is 15.9 Å². The van der Waals surface area contributed by atoms with E-state index in [1.807, 2.05) is 6.92 Å². The van der Waals surface area contributed by atoms with E-state index in [9.17, 15) is 8.42 Å². The molecule has 0 aliphatic heterocycles. The largest absolute Gasteiger partial charge is 0.330 e. The van der Waals surface area contributed by atoms with E-state index in [0.29, 0.717) is 24.0 Å². The summed E-state index contributed by atoms with van der Waals surface area (Å²) in [7, 11) is -3.48. The van der Waals surface area contributed by atoms with Gasteiger partial charge in [-0.05, 0) is 53.5 Å². The first kappa shape index (κ1) is 18.3. The number of aryl methyl sites for hydroxylation is 1. The van der Waals surface area contributed by atoms with Crippen LogP contribution in [0.15, 0.2) is 26.0 Å². The fourth-order valence-electron chi connectivity index (χ4n) is 1.22. The molecule has 0 aliphatic rings. The molecule has 8 heteroatoms. The van der Waals surface area contributed by atoms with Crippen molar-refractivity contribution in [3.63, 3.8) is 0 Å². The topological polar surface area (TPSA) is 72.2 Å². The Kier molecular flexibility index (Phi) is 7.96. The number of nitrogens with one attached hydrogen (secondary N) is 1. The van der Waals surface area contributed by atoms with Crippen molar-refractivity contribution < 1.29 is 8.42 Å². The Labute approximate surface area is 130 Å². The molecule has 0 saturated heterocycles. The van der Waals surface area contributed by atoms with E-state index in [1.54, 1.807) is 12.1 Å². The van der Waals surface area contributed by atoms with Crippen molar-refractivity contribution in [2.45, 2.75) is 18.2 Å². The van der Waals surface area contributed by atoms with Gasteiger partial charge in [-0.25, -0.2) is 13.1 Å². The Morgan fingerprint density at radius 1 is 1.28 bits per heavy atom. The van der Waals surface area contributed by atoms with Gasteiger partial charge in [-0.15, -0.1) is 12.4 Å². The maximum absolute atomic E-state index is 12.0. The zero-order chi connectivity index (χ0) is 13.1. The number of nitrogens with two attached hydrogens (primary N) is 1. The second-order valence-corrected chi connectivity index (χ2v) is 7.02. The number of halogens is 3. The molecule has 0 amide bonds. The molecule has 0 bridgehead atoms. The summed E-state index contributed by atoms with van der Waals surface area (Å²) in [5.41, 5.74) is 6.29. The number of sulfonamides is 1. The van der Waals surface area contributed by atoms with E-state index >= 15 is 0 Å². The minimum Gasteiger partial charge on any atom is -0.330 e. The molecule has 0 saturated carbocycles. The van der Waals surface area contributed by atoms with Crippen molar-refractivity contribution >= 4 is 54.3 Å². The van der Waals surface area contributed by atoms with Gasteiger partial charge in [0.15, 0.2) is 0 Å². The molecule has 0 aromatic heterocycles. The maximum Gasteiger partial charge on any atom is 0.241 e. The van der Waals surface area contributed by atoms with Gasteiger partial charge in [0.25, 0.3) is 0 Å². The highest BCUT2D eigenvalue weighted by atomic mass is 79.9. The van der Waals surface area contributed by atoms with E-state index in [1.165, 1.54) is 0 Å². The van der Waals surface area contributed by atoms with Gasteiger partial charge in [0.2, 0.25) is 10.0 Å². The summed E-state index contributed by atoms with van der Waals surface area (Å²) in [5.74, 6) is 0. The Bertz CT molecular complexity index is 509. The minimum absolute atomic E-state index is 0. The van der Waals surface area contributed by atoms with Gasteiger partial charge in [0, 0.05) is 15.5 Å². The monoisotopic (exact) mass is 420 g/mol. The molecule has 0 atom stereocenters. The second-order valence-electron chi connectivity index (χ2n) is 3.57. The lowest BCUT2D eigenvalue weighted by Gasteiger charge is -2.10. The molecule has 0 unspecified atom stereocenters. The lowest BCUT2D eigenvalue weighted by Crippen LogP contribution is -2.26. The molecule has 1 aromatic carbocycles. The molecule has 0 radical (unpaired) electrons. The summed E-state index contributed by atoms with van der Waals surface area (Å²) >= 11 is 6.58. The highest BCUT2D eigenvalue weighted by Crippen LogP contribution is 2.28. The zero-order valence-electron chi connectivity index (χ0n) is 9.74. The van der Waals surface area contributed by atoms with Crippen LogP contribution >= 0.6 is 44.3 Å². The predicted octanol–water partition coefficient (Wildman–Crippen LogP) is 2.57. The average molecular weight is 423 g/mol. The van der Waals surface area contributed by atoms with Crippen LogP contribution in [0.2, 0.25) is 0 Å². The summed E-state index contributed by atoms with van der Waals surface area (Å²) in [6, 6.07) is 3.35. The molecule has 1 aromatic rings. The van der Waals surface area contributed by atoms with Crippen LogP contribution in [0.4, 0.5) is 0 Å². The van der Waals surface area contributed by atoms with Crippen LogP contribution in [0.25, 0.3) is 0 Å². The van der Waals surface area contributed by atoms with Crippen molar-refractivity contribution in [1.82, 2.24) is 4.72 Å². The molecule has 0 heterocycles.